The van der Waals surface area contributed by atoms with E-state index in [0.29, 0.717) is 26.2 Å². The number of carbonyl (C=O) groups is 1. The van der Waals surface area contributed by atoms with Crippen LogP contribution in [0, 0.1) is 13.8 Å². The highest BCUT2D eigenvalue weighted by atomic mass is 16.5. The van der Waals surface area contributed by atoms with E-state index in [-0.39, 0.29) is 6.04 Å². The van der Waals surface area contributed by atoms with Gasteiger partial charge < -0.3 is 24.2 Å². The normalized spacial score (nSPS) is 17.9. The first-order valence-electron chi connectivity index (χ1n) is 11.8. The number of imidazole rings is 1. The number of ether oxygens (including phenoxy) is 1. The van der Waals surface area contributed by atoms with Crippen LogP contribution < -0.4 is 9.64 Å². The summed E-state index contributed by atoms with van der Waals surface area (Å²) in [4.78, 5) is 24.9. The molecule has 0 aliphatic carbocycles. The Kier molecular flexibility index (Phi) is 5.09. The molecular weight excluding hydrogens is 448 g/mol. The molecule has 10 heteroatoms. The van der Waals surface area contributed by atoms with Crippen LogP contribution in [0.4, 0.5) is 10.7 Å². The number of pyridine rings is 1. The molecule has 5 heterocycles. The van der Waals surface area contributed by atoms with Gasteiger partial charge in [-0.3, -0.25) is 9.55 Å². The molecule has 1 atom stereocenters. The number of amides is 1. The van der Waals surface area contributed by atoms with Crippen LogP contribution in [0.3, 0.4) is 0 Å². The van der Waals surface area contributed by atoms with Gasteiger partial charge >= 0.3 is 6.09 Å². The highest BCUT2D eigenvalue weighted by Gasteiger charge is 2.34. The monoisotopic (exact) mass is 474 g/mol. The van der Waals surface area contributed by atoms with Crippen LogP contribution >= 0.6 is 0 Å². The fourth-order valence-electron chi connectivity index (χ4n) is 5.21. The van der Waals surface area contributed by atoms with Crippen molar-refractivity contribution in [3.8, 4) is 16.9 Å². The number of hydrogen-bond acceptors (Lipinski definition) is 7. The molecule has 180 valence electrons. The van der Waals surface area contributed by atoms with Gasteiger partial charge in [0.1, 0.15) is 23.9 Å². The van der Waals surface area contributed by atoms with Gasteiger partial charge in [0.15, 0.2) is 5.75 Å². The summed E-state index contributed by atoms with van der Waals surface area (Å²) in [5.74, 6) is 2.30. The Hall–Kier alpha value is -4.08. The lowest BCUT2D eigenvalue weighted by Crippen LogP contribution is -2.36. The summed E-state index contributed by atoms with van der Waals surface area (Å²) in [5.41, 5.74) is 5.28. The third-order valence-electron chi connectivity index (χ3n) is 6.87. The van der Waals surface area contributed by atoms with Gasteiger partial charge in [0.05, 0.1) is 22.5 Å². The molecule has 0 radical (unpaired) electrons. The number of aromatic nitrogens is 4. The predicted molar refractivity (Wildman–Crippen MR) is 129 cm³/mol. The van der Waals surface area contributed by atoms with E-state index in [9.17, 15) is 9.90 Å². The Bertz CT molecular complexity index is 1390. The van der Waals surface area contributed by atoms with Crippen LogP contribution in [-0.2, 0) is 0 Å². The molecule has 6 rings (SSSR count). The van der Waals surface area contributed by atoms with Crippen LogP contribution in [0.2, 0.25) is 0 Å². The zero-order chi connectivity index (χ0) is 24.1. The SMILES string of the molecule is Cc1noc(C)c1-c1ccc2nc(N3CCCN(C(=O)O)CC3)n3c2c1OC[C@@H]3c1ccccn1. The van der Waals surface area contributed by atoms with Crippen molar-refractivity contribution >= 4 is 23.1 Å². The molecular formula is C25H26N6O4. The van der Waals surface area contributed by atoms with Crippen molar-refractivity contribution in [1.29, 1.82) is 0 Å². The maximum absolute atomic E-state index is 11.6. The van der Waals surface area contributed by atoms with E-state index in [4.69, 9.17) is 14.2 Å². The van der Waals surface area contributed by atoms with Gasteiger partial charge in [0, 0.05) is 37.9 Å². The van der Waals surface area contributed by atoms with Crippen LogP contribution in [0.5, 0.6) is 5.75 Å². The second kappa shape index (κ2) is 8.30. The molecule has 0 unspecified atom stereocenters. The molecule has 1 fully saturated rings. The standard InChI is InChI=1S/C25H26N6O4/c1-15-21(16(2)35-28-15)17-7-8-19-22-23(17)34-14-20(18-6-3-4-9-26-18)31(22)24(27-19)29-10-5-11-30(13-12-29)25(32)33/h3-4,6-9,20H,5,10-14H2,1-2H3,(H,32,33)/t20-/m1/s1. The van der Waals surface area contributed by atoms with Gasteiger partial charge in [0.25, 0.3) is 0 Å². The second-order valence-corrected chi connectivity index (χ2v) is 8.98. The van der Waals surface area contributed by atoms with Crippen LogP contribution in [0.1, 0.15) is 29.6 Å². The van der Waals surface area contributed by atoms with E-state index in [2.05, 4.69) is 19.6 Å². The van der Waals surface area contributed by atoms with Crippen molar-refractivity contribution in [2.45, 2.75) is 26.3 Å². The minimum absolute atomic E-state index is 0.164. The molecule has 1 N–H and O–H groups in total. The molecule has 0 bridgehead atoms. The maximum atomic E-state index is 11.6. The number of carboxylic acid groups (broad SMARTS) is 1. The summed E-state index contributed by atoms with van der Waals surface area (Å²) in [6.45, 7) is 6.46. The summed E-state index contributed by atoms with van der Waals surface area (Å²) in [5, 5.41) is 13.6. The summed E-state index contributed by atoms with van der Waals surface area (Å²) in [6.07, 6.45) is 1.64. The van der Waals surface area contributed by atoms with Gasteiger partial charge in [-0.2, -0.15) is 0 Å². The summed E-state index contributed by atoms with van der Waals surface area (Å²) < 4.78 is 14.1. The van der Waals surface area contributed by atoms with Crippen molar-refractivity contribution in [1.82, 2.24) is 24.6 Å². The molecule has 3 aromatic heterocycles. The lowest BCUT2D eigenvalue weighted by Gasteiger charge is -2.31. The minimum atomic E-state index is -0.882. The molecule has 10 nitrogen and oxygen atoms in total. The van der Waals surface area contributed by atoms with Crippen molar-refractivity contribution in [2.75, 3.05) is 37.7 Å². The molecule has 1 aromatic carbocycles. The Morgan fingerprint density at radius 1 is 1.11 bits per heavy atom. The van der Waals surface area contributed by atoms with Gasteiger partial charge in [0.2, 0.25) is 5.95 Å². The average Bonchev–Trinajstić information content (AvgIpc) is 3.30. The number of hydrogen-bond donors (Lipinski definition) is 1. The zero-order valence-corrected chi connectivity index (χ0v) is 19.6. The smallest absolute Gasteiger partial charge is 0.407 e. The third-order valence-corrected chi connectivity index (χ3v) is 6.87. The molecule has 2 aliphatic rings. The fraction of sp³-hybridized carbons (Fsp3) is 0.360. The Labute approximate surface area is 201 Å². The highest BCUT2D eigenvalue weighted by molar-refractivity contribution is 5.94. The molecule has 0 saturated carbocycles. The Morgan fingerprint density at radius 2 is 2.00 bits per heavy atom. The van der Waals surface area contributed by atoms with Gasteiger partial charge in [-0.1, -0.05) is 11.2 Å². The van der Waals surface area contributed by atoms with E-state index < -0.39 is 6.09 Å². The first-order chi connectivity index (χ1) is 17.0. The highest BCUT2D eigenvalue weighted by Crippen LogP contribution is 2.45. The number of benzene rings is 1. The lowest BCUT2D eigenvalue weighted by atomic mass is 10.0. The fourth-order valence-corrected chi connectivity index (χ4v) is 5.21. The van der Waals surface area contributed by atoms with E-state index in [1.165, 1.54) is 4.90 Å². The van der Waals surface area contributed by atoms with E-state index >= 15 is 0 Å². The molecule has 1 saturated heterocycles. The van der Waals surface area contributed by atoms with Crippen LogP contribution in [0.25, 0.3) is 22.2 Å². The molecule has 0 spiro atoms. The molecule has 35 heavy (non-hydrogen) atoms. The van der Waals surface area contributed by atoms with E-state index in [1.807, 2.05) is 44.2 Å². The topological polar surface area (TPSA) is 110 Å². The van der Waals surface area contributed by atoms with E-state index in [1.54, 1.807) is 6.20 Å². The first-order valence-corrected chi connectivity index (χ1v) is 11.8. The number of nitrogens with zero attached hydrogens (tertiary/aromatic N) is 6. The number of rotatable bonds is 3. The Morgan fingerprint density at radius 3 is 2.74 bits per heavy atom. The minimum Gasteiger partial charge on any atom is -0.488 e. The van der Waals surface area contributed by atoms with Crippen LogP contribution in [-0.4, -0.2) is 68.6 Å². The second-order valence-electron chi connectivity index (χ2n) is 8.98. The lowest BCUT2D eigenvalue weighted by molar-refractivity contribution is 0.148. The van der Waals surface area contributed by atoms with Crippen molar-refractivity contribution < 1.29 is 19.2 Å². The maximum Gasteiger partial charge on any atom is 0.407 e. The van der Waals surface area contributed by atoms with Crippen molar-refractivity contribution in [3.63, 3.8) is 0 Å². The summed E-state index contributed by atoms with van der Waals surface area (Å²) in [6, 6.07) is 9.73. The Balaban J connectivity index is 1.54. The van der Waals surface area contributed by atoms with Crippen molar-refractivity contribution in [3.05, 3.63) is 53.7 Å². The van der Waals surface area contributed by atoms with Gasteiger partial charge in [-0.25, -0.2) is 9.78 Å². The molecule has 2 aliphatic heterocycles. The summed E-state index contributed by atoms with van der Waals surface area (Å²) in [7, 11) is 0. The van der Waals surface area contributed by atoms with Crippen molar-refractivity contribution in [2.24, 2.45) is 0 Å². The largest absolute Gasteiger partial charge is 0.488 e. The quantitative estimate of drug-likeness (QED) is 0.477. The molecule has 4 aromatic rings. The number of anilines is 1. The third kappa shape index (κ3) is 3.48. The zero-order valence-electron chi connectivity index (χ0n) is 19.6. The average molecular weight is 475 g/mol. The molecule has 1 amide bonds. The van der Waals surface area contributed by atoms with E-state index in [0.717, 1.165) is 64.0 Å². The van der Waals surface area contributed by atoms with Gasteiger partial charge in [-0.15, -0.1) is 0 Å². The first kappa shape index (κ1) is 21.5. The predicted octanol–water partition coefficient (Wildman–Crippen LogP) is 3.88. The summed E-state index contributed by atoms with van der Waals surface area (Å²) >= 11 is 0. The van der Waals surface area contributed by atoms with Gasteiger partial charge in [-0.05, 0) is 44.5 Å². The number of aryl methyl sites for hydroxylation is 2. The van der Waals surface area contributed by atoms with Crippen LogP contribution in [0.15, 0.2) is 41.1 Å².